The van der Waals surface area contributed by atoms with Gasteiger partial charge in [0, 0.05) is 19.6 Å². The van der Waals surface area contributed by atoms with Crippen molar-refractivity contribution in [3.63, 3.8) is 0 Å². The second kappa shape index (κ2) is 5.54. The van der Waals surface area contributed by atoms with Gasteiger partial charge in [0.05, 0.1) is 12.7 Å². The molecule has 0 aromatic heterocycles. The van der Waals surface area contributed by atoms with Crippen molar-refractivity contribution in [3.8, 4) is 0 Å². The highest BCUT2D eigenvalue weighted by Gasteiger charge is 2.31. The molecular weight excluding hydrogens is 271 g/mol. The van der Waals surface area contributed by atoms with Gasteiger partial charge in [0.15, 0.2) is 0 Å². The molecular formula is C12H17FN2O3S. The first-order chi connectivity index (χ1) is 8.95. The number of hydrogen-bond donors (Lipinski definition) is 1. The summed E-state index contributed by atoms with van der Waals surface area (Å²) in [5.74, 6) is -0.753. The van der Waals surface area contributed by atoms with Crippen LogP contribution in [0.5, 0.6) is 0 Å². The summed E-state index contributed by atoms with van der Waals surface area (Å²) in [5.41, 5.74) is 6.05. The van der Waals surface area contributed by atoms with Gasteiger partial charge in [-0.1, -0.05) is 6.07 Å². The minimum Gasteiger partial charge on any atom is -0.376 e. The minimum absolute atomic E-state index is 0.169. The molecule has 1 aromatic carbocycles. The van der Waals surface area contributed by atoms with E-state index in [4.69, 9.17) is 10.5 Å². The zero-order valence-corrected chi connectivity index (χ0v) is 11.5. The van der Waals surface area contributed by atoms with Crippen LogP contribution in [0.1, 0.15) is 12.5 Å². The van der Waals surface area contributed by atoms with Gasteiger partial charge < -0.3 is 10.5 Å². The maximum atomic E-state index is 13.8. The number of benzene rings is 1. The van der Waals surface area contributed by atoms with E-state index in [1.165, 1.54) is 16.4 Å². The second-order valence-corrected chi connectivity index (χ2v) is 6.42. The van der Waals surface area contributed by atoms with Crippen molar-refractivity contribution in [3.05, 3.63) is 29.6 Å². The lowest BCUT2D eigenvalue weighted by atomic mass is 10.2. The van der Waals surface area contributed by atoms with Crippen molar-refractivity contribution in [2.75, 3.05) is 19.7 Å². The number of sulfonamides is 1. The van der Waals surface area contributed by atoms with Gasteiger partial charge in [-0.15, -0.1) is 0 Å². The topological polar surface area (TPSA) is 72.6 Å². The Hall–Kier alpha value is -1.02. The van der Waals surface area contributed by atoms with Crippen LogP contribution in [0.3, 0.4) is 0 Å². The summed E-state index contributed by atoms with van der Waals surface area (Å²) in [4.78, 5) is -0.315. The summed E-state index contributed by atoms with van der Waals surface area (Å²) >= 11 is 0. The molecule has 1 fully saturated rings. The van der Waals surface area contributed by atoms with Crippen molar-refractivity contribution in [2.24, 2.45) is 5.73 Å². The molecule has 1 aliphatic rings. The molecule has 19 heavy (non-hydrogen) atoms. The third kappa shape index (κ3) is 2.94. The van der Waals surface area contributed by atoms with Crippen LogP contribution in [0.25, 0.3) is 0 Å². The molecule has 1 atom stereocenters. The van der Waals surface area contributed by atoms with Crippen molar-refractivity contribution >= 4 is 10.0 Å². The molecule has 0 radical (unpaired) electrons. The van der Waals surface area contributed by atoms with Gasteiger partial charge in [-0.25, -0.2) is 12.8 Å². The first kappa shape index (κ1) is 14.4. The van der Waals surface area contributed by atoms with Gasteiger partial charge in [-0.05, 0) is 24.6 Å². The largest absolute Gasteiger partial charge is 0.376 e. The molecule has 1 saturated heterocycles. The highest BCUT2D eigenvalue weighted by molar-refractivity contribution is 7.89. The average Bonchev–Trinajstić information content (AvgIpc) is 2.39. The molecule has 1 aliphatic heterocycles. The van der Waals surface area contributed by atoms with E-state index in [-0.39, 0.29) is 30.6 Å². The Balaban J connectivity index is 2.38. The van der Waals surface area contributed by atoms with E-state index in [0.29, 0.717) is 12.2 Å². The molecule has 7 heteroatoms. The van der Waals surface area contributed by atoms with Gasteiger partial charge in [-0.3, -0.25) is 0 Å². The zero-order valence-electron chi connectivity index (χ0n) is 10.7. The number of rotatable bonds is 3. The number of nitrogens with two attached hydrogens (primary N) is 1. The van der Waals surface area contributed by atoms with E-state index in [1.807, 2.05) is 0 Å². The predicted octanol–water partition coefficient (Wildman–Crippen LogP) is 0.694. The number of halogens is 1. The molecule has 5 nitrogen and oxygen atoms in total. The van der Waals surface area contributed by atoms with Crippen LogP contribution in [0.4, 0.5) is 4.39 Å². The molecule has 106 valence electrons. The minimum atomic E-state index is -3.84. The number of ether oxygens (including phenoxy) is 1. The molecule has 0 spiro atoms. The summed E-state index contributed by atoms with van der Waals surface area (Å²) in [5, 5.41) is 0. The fraction of sp³-hybridized carbons (Fsp3) is 0.500. The van der Waals surface area contributed by atoms with E-state index >= 15 is 0 Å². The van der Waals surface area contributed by atoms with E-state index in [2.05, 4.69) is 0 Å². The van der Waals surface area contributed by atoms with Crippen LogP contribution in [0.2, 0.25) is 0 Å². The molecule has 1 heterocycles. The van der Waals surface area contributed by atoms with Crippen LogP contribution in [-0.4, -0.2) is 38.5 Å². The summed E-state index contributed by atoms with van der Waals surface area (Å²) in [7, 11) is -3.84. The fourth-order valence-corrected chi connectivity index (χ4v) is 3.63. The number of morpholine rings is 1. The predicted molar refractivity (Wildman–Crippen MR) is 68.5 cm³/mol. The van der Waals surface area contributed by atoms with Gasteiger partial charge in [0.25, 0.3) is 0 Å². The van der Waals surface area contributed by atoms with Crippen molar-refractivity contribution in [2.45, 2.75) is 24.5 Å². The Labute approximate surface area is 112 Å². The van der Waals surface area contributed by atoms with E-state index < -0.39 is 15.8 Å². The van der Waals surface area contributed by atoms with Gasteiger partial charge in [-0.2, -0.15) is 4.31 Å². The highest BCUT2D eigenvalue weighted by Crippen LogP contribution is 2.22. The van der Waals surface area contributed by atoms with Crippen molar-refractivity contribution in [1.82, 2.24) is 4.31 Å². The van der Waals surface area contributed by atoms with Crippen LogP contribution in [0, 0.1) is 5.82 Å². The first-order valence-corrected chi connectivity index (χ1v) is 7.49. The molecule has 0 bridgehead atoms. The molecule has 1 aromatic rings. The average molecular weight is 288 g/mol. The lowest BCUT2D eigenvalue weighted by Crippen LogP contribution is -2.44. The standard InChI is InChI=1S/C12H17FN2O3S/c1-9-8-15(4-5-18-9)19(16,17)12-6-10(7-14)2-3-11(12)13/h2-3,6,9H,4-5,7-8,14H2,1H3. The molecule has 0 aliphatic carbocycles. The van der Waals surface area contributed by atoms with Crippen molar-refractivity contribution < 1.29 is 17.5 Å². The molecule has 1 unspecified atom stereocenters. The quantitative estimate of drug-likeness (QED) is 0.888. The lowest BCUT2D eigenvalue weighted by molar-refractivity contribution is 0.0101. The van der Waals surface area contributed by atoms with Gasteiger partial charge >= 0.3 is 0 Å². The third-order valence-corrected chi connectivity index (χ3v) is 4.93. The normalized spacial score (nSPS) is 21.5. The Morgan fingerprint density at radius 1 is 1.53 bits per heavy atom. The van der Waals surface area contributed by atoms with E-state index in [9.17, 15) is 12.8 Å². The summed E-state index contributed by atoms with van der Waals surface area (Å²) in [6, 6.07) is 3.92. The smallest absolute Gasteiger partial charge is 0.246 e. The molecule has 0 amide bonds. The fourth-order valence-electron chi connectivity index (χ4n) is 2.02. The van der Waals surface area contributed by atoms with E-state index in [0.717, 1.165) is 6.07 Å². The Kier molecular flexibility index (Phi) is 4.19. The van der Waals surface area contributed by atoms with Crippen LogP contribution >= 0.6 is 0 Å². The lowest BCUT2D eigenvalue weighted by Gasteiger charge is -2.30. The van der Waals surface area contributed by atoms with E-state index in [1.54, 1.807) is 6.92 Å². The Morgan fingerprint density at radius 3 is 2.89 bits per heavy atom. The van der Waals surface area contributed by atoms with Crippen LogP contribution in [0.15, 0.2) is 23.1 Å². The van der Waals surface area contributed by atoms with Gasteiger partial charge in [0.2, 0.25) is 10.0 Å². The Morgan fingerprint density at radius 2 is 2.26 bits per heavy atom. The first-order valence-electron chi connectivity index (χ1n) is 6.05. The summed E-state index contributed by atoms with van der Waals surface area (Å²) in [6.45, 7) is 2.74. The SMILES string of the molecule is CC1CN(S(=O)(=O)c2cc(CN)ccc2F)CCO1. The highest BCUT2D eigenvalue weighted by atomic mass is 32.2. The number of nitrogens with zero attached hydrogens (tertiary/aromatic N) is 1. The summed E-state index contributed by atoms with van der Waals surface area (Å²) < 4.78 is 45.1. The maximum absolute atomic E-state index is 13.8. The molecule has 2 rings (SSSR count). The van der Waals surface area contributed by atoms with Crippen LogP contribution in [-0.2, 0) is 21.3 Å². The maximum Gasteiger partial charge on any atom is 0.246 e. The van der Waals surface area contributed by atoms with Crippen molar-refractivity contribution in [1.29, 1.82) is 0 Å². The monoisotopic (exact) mass is 288 g/mol. The number of hydrogen-bond acceptors (Lipinski definition) is 4. The molecule has 0 saturated carbocycles. The zero-order chi connectivity index (χ0) is 14.0. The third-order valence-electron chi connectivity index (χ3n) is 3.05. The summed E-state index contributed by atoms with van der Waals surface area (Å²) in [6.07, 6.45) is -0.190. The Bertz CT molecular complexity index is 562. The van der Waals surface area contributed by atoms with Gasteiger partial charge in [0.1, 0.15) is 10.7 Å². The van der Waals surface area contributed by atoms with Crippen LogP contribution < -0.4 is 5.73 Å². The second-order valence-electron chi connectivity index (χ2n) is 4.51. The molecule has 2 N–H and O–H groups in total.